The molecule has 0 unspecified atom stereocenters. The quantitative estimate of drug-likeness (QED) is 0.176. The summed E-state index contributed by atoms with van der Waals surface area (Å²) in [4.78, 5) is 18.1. The van der Waals surface area contributed by atoms with E-state index in [1.165, 1.54) is 11.9 Å². The van der Waals surface area contributed by atoms with Crippen LogP contribution in [0.1, 0.15) is 24.0 Å². The number of ether oxygens (including phenoxy) is 1. The first-order valence-corrected chi connectivity index (χ1v) is 13.0. The Bertz CT molecular complexity index is 1370. The Balaban J connectivity index is 1.22. The molecule has 0 atom stereocenters. The molecule has 182 valence electrons. The molecular formula is C28H23Cl2N3O2S. The Labute approximate surface area is 224 Å². The van der Waals surface area contributed by atoms with Gasteiger partial charge in [-0.2, -0.15) is 0 Å². The van der Waals surface area contributed by atoms with Crippen molar-refractivity contribution in [2.24, 2.45) is 5.73 Å². The van der Waals surface area contributed by atoms with Gasteiger partial charge in [0.1, 0.15) is 0 Å². The number of carbonyl (C=O) groups is 1. The van der Waals surface area contributed by atoms with Crippen LogP contribution < -0.4 is 15.2 Å². The number of benzene rings is 3. The van der Waals surface area contributed by atoms with E-state index in [1.54, 1.807) is 30.5 Å². The summed E-state index contributed by atoms with van der Waals surface area (Å²) in [7, 11) is 0. The maximum Gasteiger partial charge on any atom is 0.232 e. The number of pyridine rings is 1. The number of fused-ring (bicyclic) bond motifs is 3. The normalized spacial score (nSPS) is 13.1. The molecule has 0 spiro atoms. The molecule has 3 aromatic carbocycles. The monoisotopic (exact) mass is 535 g/mol. The Morgan fingerprint density at radius 3 is 2.31 bits per heavy atom. The number of amides is 1. The van der Waals surface area contributed by atoms with Gasteiger partial charge in [-0.05, 0) is 71.3 Å². The molecule has 0 radical (unpaired) electrons. The number of halogens is 2. The van der Waals surface area contributed by atoms with E-state index >= 15 is 0 Å². The molecule has 0 aliphatic heterocycles. The molecular weight excluding hydrogens is 513 g/mol. The highest BCUT2D eigenvalue weighted by Crippen LogP contribution is 2.51. The van der Waals surface area contributed by atoms with Crippen molar-refractivity contribution in [3.05, 3.63) is 106 Å². The molecule has 5 rings (SSSR count). The summed E-state index contributed by atoms with van der Waals surface area (Å²) in [6.45, 7) is 0.409. The van der Waals surface area contributed by atoms with Gasteiger partial charge < -0.3 is 15.2 Å². The minimum absolute atomic E-state index is 0.342. The van der Waals surface area contributed by atoms with E-state index < -0.39 is 5.41 Å². The second kappa shape index (κ2) is 10.4. The number of primary amides is 1. The highest BCUT2D eigenvalue weighted by atomic mass is 35.5. The van der Waals surface area contributed by atoms with Crippen LogP contribution in [0.4, 0.5) is 5.69 Å². The molecule has 0 saturated carbocycles. The lowest BCUT2D eigenvalue weighted by Crippen LogP contribution is -2.41. The van der Waals surface area contributed by atoms with Gasteiger partial charge in [0, 0.05) is 16.0 Å². The first kappa shape index (κ1) is 24.5. The van der Waals surface area contributed by atoms with Gasteiger partial charge in [0.2, 0.25) is 11.8 Å². The fourth-order valence-electron chi connectivity index (χ4n) is 4.69. The van der Waals surface area contributed by atoms with Crippen LogP contribution in [0.3, 0.4) is 0 Å². The fourth-order valence-corrected chi connectivity index (χ4v) is 5.86. The number of carbonyl (C=O) groups excluding carboxylic acids is 1. The van der Waals surface area contributed by atoms with Crippen molar-refractivity contribution in [2.45, 2.75) is 23.2 Å². The van der Waals surface area contributed by atoms with Crippen molar-refractivity contribution in [1.82, 2.24) is 4.98 Å². The van der Waals surface area contributed by atoms with Gasteiger partial charge in [-0.3, -0.25) is 4.79 Å². The van der Waals surface area contributed by atoms with Crippen LogP contribution in [-0.2, 0) is 10.2 Å². The van der Waals surface area contributed by atoms with Crippen molar-refractivity contribution in [2.75, 3.05) is 11.3 Å². The van der Waals surface area contributed by atoms with Gasteiger partial charge >= 0.3 is 0 Å². The van der Waals surface area contributed by atoms with E-state index in [4.69, 9.17) is 33.7 Å². The number of rotatable bonds is 9. The van der Waals surface area contributed by atoms with Gasteiger partial charge in [-0.1, -0.05) is 71.7 Å². The van der Waals surface area contributed by atoms with E-state index in [0.29, 0.717) is 35.4 Å². The molecule has 1 aromatic heterocycles. The molecule has 36 heavy (non-hydrogen) atoms. The SMILES string of the molecule is NC(=O)C1(CCCOc2ccc(NSc3cc(Cl)ccc3Cl)cn2)c2ccccc2-c2ccccc21. The molecule has 1 aliphatic rings. The fraction of sp³-hybridized carbons (Fsp3) is 0.143. The molecule has 1 amide bonds. The predicted octanol–water partition coefficient (Wildman–Crippen LogP) is 7.12. The topological polar surface area (TPSA) is 77.2 Å². The molecule has 5 nitrogen and oxygen atoms in total. The van der Waals surface area contributed by atoms with Crippen LogP contribution >= 0.6 is 35.1 Å². The van der Waals surface area contributed by atoms with Crippen molar-refractivity contribution >= 4 is 46.7 Å². The number of nitrogens with two attached hydrogens (primary N) is 1. The second-order valence-electron chi connectivity index (χ2n) is 8.48. The average molecular weight is 536 g/mol. The lowest BCUT2D eigenvalue weighted by atomic mass is 9.74. The molecule has 1 aliphatic carbocycles. The number of nitrogens with zero attached hydrogens (tertiary/aromatic N) is 1. The predicted molar refractivity (Wildman–Crippen MR) is 147 cm³/mol. The molecule has 4 aromatic rings. The van der Waals surface area contributed by atoms with Crippen LogP contribution in [0.2, 0.25) is 10.0 Å². The highest BCUT2D eigenvalue weighted by molar-refractivity contribution is 8.00. The third kappa shape index (κ3) is 4.64. The summed E-state index contributed by atoms with van der Waals surface area (Å²) in [6, 6.07) is 25.0. The summed E-state index contributed by atoms with van der Waals surface area (Å²) in [5, 5.41) is 1.24. The number of hydrogen-bond acceptors (Lipinski definition) is 5. The summed E-state index contributed by atoms with van der Waals surface area (Å²) in [5.74, 6) is 0.164. The smallest absolute Gasteiger partial charge is 0.232 e. The lowest BCUT2D eigenvalue weighted by Gasteiger charge is -2.28. The molecule has 8 heteroatoms. The largest absolute Gasteiger partial charge is 0.478 e. The number of aromatic nitrogens is 1. The number of hydrogen-bond donors (Lipinski definition) is 2. The summed E-state index contributed by atoms with van der Waals surface area (Å²) < 4.78 is 9.08. The molecule has 1 heterocycles. The summed E-state index contributed by atoms with van der Waals surface area (Å²) in [6.07, 6.45) is 2.87. The first-order chi connectivity index (χ1) is 17.5. The van der Waals surface area contributed by atoms with Gasteiger partial charge in [-0.25, -0.2) is 4.98 Å². The van der Waals surface area contributed by atoms with Crippen molar-refractivity contribution in [3.63, 3.8) is 0 Å². The van der Waals surface area contributed by atoms with Crippen molar-refractivity contribution < 1.29 is 9.53 Å². The van der Waals surface area contributed by atoms with Gasteiger partial charge in [0.15, 0.2) is 0 Å². The van der Waals surface area contributed by atoms with E-state index in [-0.39, 0.29) is 5.91 Å². The molecule has 0 saturated heterocycles. The first-order valence-electron chi connectivity index (χ1n) is 11.4. The Kier molecular flexibility index (Phi) is 7.10. The zero-order chi connectivity index (χ0) is 25.1. The summed E-state index contributed by atoms with van der Waals surface area (Å²) >= 11 is 13.6. The van der Waals surface area contributed by atoms with E-state index in [9.17, 15) is 4.79 Å². The highest BCUT2D eigenvalue weighted by Gasteiger charge is 2.47. The maximum atomic E-state index is 12.9. The second-order valence-corrected chi connectivity index (χ2v) is 10.2. The average Bonchev–Trinajstić information content (AvgIpc) is 3.19. The Morgan fingerprint density at radius 2 is 1.67 bits per heavy atom. The van der Waals surface area contributed by atoms with Gasteiger partial charge in [0.05, 0.1) is 28.9 Å². The number of anilines is 1. The Morgan fingerprint density at radius 1 is 0.972 bits per heavy atom. The van der Waals surface area contributed by atoms with Crippen molar-refractivity contribution in [3.8, 4) is 17.0 Å². The van der Waals surface area contributed by atoms with Crippen LogP contribution in [0, 0.1) is 0 Å². The van der Waals surface area contributed by atoms with Crippen LogP contribution in [0.25, 0.3) is 11.1 Å². The summed E-state index contributed by atoms with van der Waals surface area (Å²) in [5.41, 5.74) is 10.0. The zero-order valence-electron chi connectivity index (χ0n) is 19.2. The third-order valence-electron chi connectivity index (χ3n) is 6.34. The third-order valence-corrected chi connectivity index (χ3v) is 7.91. The van der Waals surface area contributed by atoms with Crippen molar-refractivity contribution in [1.29, 1.82) is 0 Å². The lowest BCUT2D eigenvalue weighted by molar-refractivity contribution is -0.122. The minimum atomic E-state index is -0.864. The Hall–Kier alpha value is -3.19. The molecule has 0 fully saturated rings. The standard InChI is InChI=1S/C28H23Cl2N3O2S/c29-18-10-12-24(30)25(16-18)36-33-19-11-13-26(32-17-19)35-15-5-14-28(27(31)34)22-8-3-1-6-20(22)21-7-2-4-9-23(21)28/h1-4,6-13,16-17,33H,5,14-15H2,(H2,31,34). The molecule has 0 bridgehead atoms. The minimum Gasteiger partial charge on any atom is -0.478 e. The van der Waals surface area contributed by atoms with E-state index in [0.717, 1.165) is 32.8 Å². The maximum absolute atomic E-state index is 12.9. The van der Waals surface area contributed by atoms with E-state index in [2.05, 4.69) is 9.71 Å². The zero-order valence-corrected chi connectivity index (χ0v) is 21.5. The molecule has 3 N–H and O–H groups in total. The van der Waals surface area contributed by atoms with Crippen LogP contribution in [-0.4, -0.2) is 17.5 Å². The van der Waals surface area contributed by atoms with Crippen LogP contribution in [0.5, 0.6) is 5.88 Å². The van der Waals surface area contributed by atoms with Gasteiger partial charge in [0.25, 0.3) is 0 Å². The van der Waals surface area contributed by atoms with E-state index in [1.807, 2.05) is 54.6 Å². The number of nitrogens with one attached hydrogen (secondary N) is 1. The van der Waals surface area contributed by atoms with Crippen LogP contribution in [0.15, 0.2) is 90.0 Å². The van der Waals surface area contributed by atoms with Gasteiger partial charge in [-0.15, -0.1) is 0 Å².